The first kappa shape index (κ1) is 19.9. The van der Waals surface area contributed by atoms with Gasteiger partial charge in [0.05, 0.1) is 24.0 Å². The van der Waals surface area contributed by atoms with Crippen LogP contribution in [0.15, 0.2) is 41.7 Å². The van der Waals surface area contributed by atoms with E-state index in [1.165, 1.54) is 0 Å². The average Bonchev–Trinajstić information content (AvgIpc) is 2.67. The van der Waals surface area contributed by atoms with Crippen LogP contribution in [0.4, 0.5) is 0 Å². The highest BCUT2D eigenvalue weighted by molar-refractivity contribution is 5.94. The number of nitrogens with zero attached hydrogens (tertiary/aromatic N) is 2. The second kappa shape index (κ2) is 8.44. The van der Waals surface area contributed by atoms with Gasteiger partial charge in [0, 0.05) is 31.7 Å². The Labute approximate surface area is 162 Å². The van der Waals surface area contributed by atoms with E-state index in [0.29, 0.717) is 18.8 Å². The van der Waals surface area contributed by atoms with Gasteiger partial charge in [-0.15, -0.1) is 0 Å². The van der Waals surface area contributed by atoms with Gasteiger partial charge in [-0.25, -0.2) is 0 Å². The molecule has 0 aliphatic carbocycles. The standard InChI is InChI=1S/C22H32N2O3/c1-17(19(3)25)9-12-23-13-10-22(11-14-23)16-24(15-18(2)27-22)21(26)20-7-5-4-6-8-20/h4-8,18,25H,9-16H2,1-3H3/b19-17-. The van der Waals surface area contributed by atoms with E-state index in [4.69, 9.17) is 4.74 Å². The third-order valence-corrected chi connectivity index (χ3v) is 5.90. The van der Waals surface area contributed by atoms with E-state index in [2.05, 4.69) is 11.8 Å². The molecule has 1 atom stereocenters. The van der Waals surface area contributed by atoms with E-state index in [1.54, 1.807) is 6.92 Å². The van der Waals surface area contributed by atoms with Gasteiger partial charge in [-0.1, -0.05) is 18.2 Å². The Bertz CT molecular complexity index is 674. The van der Waals surface area contributed by atoms with Crippen LogP contribution in [0, 0.1) is 0 Å². The molecule has 2 saturated heterocycles. The molecule has 0 saturated carbocycles. The largest absolute Gasteiger partial charge is 0.513 e. The van der Waals surface area contributed by atoms with Crippen LogP contribution in [0.25, 0.3) is 0 Å². The molecule has 2 heterocycles. The summed E-state index contributed by atoms with van der Waals surface area (Å²) in [5, 5.41) is 9.56. The molecule has 1 N–H and O–H groups in total. The number of benzene rings is 1. The van der Waals surface area contributed by atoms with E-state index in [-0.39, 0.29) is 17.6 Å². The number of morpholine rings is 1. The molecule has 1 aromatic carbocycles. The van der Waals surface area contributed by atoms with Crippen molar-refractivity contribution in [1.82, 2.24) is 9.80 Å². The monoisotopic (exact) mass is 372 g/mol. The topological polar surface area (TPSA) is 53.0 Å². The first-order valence-corrected chi connectivity index (χ1v) is 9.98. The van der Waals surface area contributed by atoms with Crippen LogP contribution in [0.2, 0.25) is 0 Å². The lowest BCUT2D eigenvalue weighted by molar-refractivity contribution is -0.161. The molecule has 3 rings (SSSR count). The van der Waals surface area contributed by atoms with Crippen molar-refractivity contribution in [3.8, 4) is 0 Å². The van der Waals surface area contributed by atoms with Crippen molar-refractivity contribution in [1.29, 1.82) is 0 Å². The molecule has 5 heteroatoms. The summed E-state index contributed by atoms with van der Waals surface area (Å²) in [4.78, 5) is 17.3. The van der Waals surface area contributed by atoms with Crippen LogP contribution < -0.4 is 0 Å². The molecule has 2 aliphatic heterocycles. The van der Waals surface area contributed by atoms with Gasteiger partial charge in [0.1, 0.15) is 0 Å². The Kier molecular flexibility index (Phi) is 6.22. The van der Waals surface area contributed by atoms with Gasteiger partial charge in [-0.2, -0.15) is 0 Å². The normalized spacial score (nSPS) is 24.0. The second-order valence-electron chi connectivity index (χ2n) is 8.12. The number of carbonyl (C=O) groups excluding carboxylic acids is 1. The predicted molar refractivity (Wildman–Crippen MR) is 107 cm³/mol. The van der Waals surface area contributed by atoms with E-state index in [9.17, 15) is 9.90 Å². The lowest BCUT2D eigenvalue weighted by atomic mass is 9.88. The zero-order chi connectivity index (χ0) is 19.4. The fourth-order valence-corrected chi connectivity index (χ4v) is 4.11. The van der Waals surface area contributed by atoms with E-state index >= 15 is 0 Å². The number of ether oxygens (including phenoxy) is 1. The van der Waals surface area contributed by atoms with Crippen LogP contribution in [0.5, 0.6) is 0 Å². The number of hydrogen-bond acceptors (Lipinski definition) is 4. The van der Waals surface area contributed by atoms with E-state index in [1.807, 2.05) is 42.2 Å². The fraction of sp³-hybridized carbons (Fsp3) is 0.591. The fourth-order valence-electron chi connectivity index (χ4n) is 4.11. The molecule has 1 aromatic rings. The van der Waals surface area contributed by atoms with Gasteiger partial charge in [-0.3, -0.25) is 4.79 Å². The van der Waals surface area contributed by atoms with Gasteiger partial charge in [-0.05, 0) is 57.7 Å². The first-order chi connectivity index (χ1) is 12.9. The summed E-state index contributed by atoms with van der Waals surface area (Å²) in [6.07, 6.45) is 2.83. The number of likely N-dealkylation sites (tertiary alicyclic amines) is 1. The Morgan fingerprint density at radius 3 is 2.52 bits per heavy atom. The van der Waals surface area contributed by atoms with Crippen LogP contribution >= 0.6 is 0 Å². The van der Waals surface area contributed by atoms with Crippen molar-refractivity contribution in [2.45, 2.75) is 51.7 Å². The average molecular weight is 373 g/mol. The van der Waals surface area contributed by atoms with Crippen LogP contribution in [-0.4, -0.2) is 65.2 Å². The molecule has 0 aromatic heterocycles. The Balaban J connectivity index is 1.60. The number of carbonyl (C=O) groups is 1. The lowest BCUT2D eigenvalue weighted by Gasteiger charge is -2.49. The highest BCUT2D eigenvalue weighted by Crippen LogP contribution is 2.33. The van der Waals surface area contributed by atoms with Gasteiger partial charge in [0.25, 0.3) is 5.91 Å². The van der Waals surface area contributed by atoms with Crippen LogP contribution in [0.1, 0.15) is 50.4 Å². The lowest BCUT2D eigenvalue weighted by Crippen LogP contribution is -2.60. The molecule has 148 valence electrons. The number of aliphatic hydroxyl groups is 1. The number of amides is 1. The summed E-state index contributed by atoms with van der Waals surface area (Å²) < 4.78 is 6.37. The van der Waals surface area contributed by atoms with Gasteiger partial charge >= 0.3 is 0 Å². The first-order valence-electron chi connectivity index (χ1n) is 9.98. The molecular formula is C22H32N2O3. The van der Waals surface area contributed by atoms with Gasteiger partial charge in [0.15, 0.2) is 0 Å². The minimum atomic E-state index is -0.226. The Hall–Kier alpha value is -1.85. The predicted octanol–water partition coefficient (Wildman–Crippen LogP) is 3.62. The molecule has 1 spiro atoms. The maximum atomic E-state index is 12.9. The summed E-state index contributed by atoms with van der Waals surface area (Å²) in [6.45, 7) is 10.0. The van der Waals surface area contributed by atoms with Crippen molar-refractivity contribution in [3.63, 3.8) is 0 Å². The number of hydrogen-bond donors (Lipinski definition) is 1. The number of rotatable bonds is 4. The molecule has 0 radical (unpaired) electrons. The molecule has 0 bridgehead atoms. The molecule has 27 heavy (non-hydrogen) atoms. The van der Waals surface area contributed by atoms with Gasteiger partial charge in [0.2, 0.25) is 0 Å². The van der Waals surface area contributed by atoms with E-state index < -0.39 is 0 Å². The summed E-state index contributed by atoms with van der Waals surface area (Å²) in [5.41, 5.74) is 1.58. The van der Waals surface area contributed by atoms with Crippen LogP contribution in [0.3, 0.4) is 0 Å². The Morgan fingerprint density at radius 2 is 1.89 bits per heavy atom. The third-order valence-electron chi connectivity index (χ3n) is 5.90. The van der Waals surface area contributed by atoms with Crippen molar-refractivity contribution in [2.75, 3.05) is 32.7 Å². The number of aliphatic hydroxyl groups excluding tert-OH is 1. The summed E-state index contributed by atoms with van der Waals surface area (Å²) >= 11 is 0. The summed E-state index contributed by atoms with van der Waals surface area (Å²) in [6, 6.07) is 9.53. The molecule has 2 aliphatic rings. The number of piperidine rings is 1. The zero-order valence-electron chi connectivity index (χ0n) is 16.8. The molecule has 1 amide bonds. The summed E-state index contributed by atoms with van der Waals surface area (Å²) in [5.74, 6) is 0.537. The zero-order valence-corrected chi connectivity index (χ0v) is 16.8. The second-order valence-corrected chi connectivity index (χ2v) is 8.12. The van der Waals surface area contributed by atoms with Crippen molar-refractivity contribution in [3.05, 3.63) is 47.2 Å². The number of allylic oxidation sites excluding steroid dienone is 1. The maximum absolute atomic E-state index is 12.9. The minimum absolute atomic E-state index is 0.0557. The van der Waals surface area contributed by atoms with Gasteiger partial charge < -0.3 is 19.6 Å². The van der Waals surface area contributed by atoms with E-state index in [0.717, 1.165) is 50.0 Å². The smallest absolute Gasteiger partial charge is 0.254 e. The summed E-state index contributed by atoms with van der Waals surface area (Å²) in [7, 11) is 0. The van der Waals surface area contributed by atoms with Crippen LogP contribution in [-0.2, 0) is 4.74 Å². The third kappa shape index (κ3) is 4.90. The van der Waals surface area contributed by atoms with Crippen molar-refractivity contribution in [2.24, 2.45) is 0 Å². The molecular weight excluding hydrogens is 340 g/mol. The maximum Gasteiger partial charge on any atom is 0.254 e. The molecule has 5 nitrogen and oxygen atoms in total. The Morgan fingerprint density at radius 1 is 1.22 bits per heavy atom. The SMILES string of the molecule is C/C(O)=C(\C)CCN1CCC2(CC1)CN(C(=O)c1ccccc1)CC(C)O2. The van der Waals surface area contributed by atoms with Crippen molar-refractivity contribution < 1.29 is 14.6 Å². The minimum Gasteiger partial charge on any atom is -0.513 e. The highest BCUT2D eigenvalue weighted by Gasteiger charge is 2.43. The quantitative estimate of drug-likeness (QED) is 0.820. The highest BCUT2D eigenvalue weighted by atomic mass is 16.5. The molecule has 2 fully saturated rings. The molecule has 1 unspecified atom stereocenters. The van der Waals surface area contributed by atoms with Crippen molar-refractivity contribution >= 4 is 5.91 Å².